The van der Waals surface area contributed by atoms with Crippen molar-refractivity contribution in [2.75, 3.05) is 6.54 Å². The Labute approximate surface area is 210 Å². The van der Waals surface area contributed by atoms with Crippen molar-refractivity contribution in [1.29, 1.82) is 0 Å². The Balaban J connectivity index is 1.61. The highest BCUT2D eigenvalue weighted by atomic mass is 32.2. The molecule has 3 atom stereocenters. The van der Waals surface area contributed by atoms with Gasteiger partial charge in [-0.2, -0.15) is 17.5 Å². The van der Waals surface area contributed by atoms with E-state index in [0.717, 1.165) is 41.8 Å². The molecule has 0 heterocycles. The largest absolute Gasteiger partial charge is 0.417 e. The van der Waals surface area contributed by atoms with Gasteiger partial charge in [0.1, 0.15) is 6.23 Å². The maximum atomic E-state index is 13.7. The summed E-state index contributed by atoms with van der Waals surface area (Å²) in [5.74, 6) is 0.381. The number of amides is 1. The molecule has 4 fully saturated rings. The Morgan fingerprint density at radius 1 is 1.19 bits per heavy atom. The summed E-state index contributed by atoms with van der Waals surface area (Å²) in [6, 6.07) is 3.99. The van der Waals surface area contributed by atoms with Gasteiger partial charge in [0, 0.05) is 18.0 Å². The van der Waals surface area contributed by atoms with Gasteiger partial charge in [-0.05, 0) is 82.3 Å². The fourth-order valence-electron chi connectivity index (χ4n) is 7.09. The Morgan fingerprint density at radius 3 is 2.31 bits per heavy atom. The van der Waals surface area contributed by atoms with Crippen LogP contribution in [0.4, 0.5) is 13.2 Å². The highest BCUT2D eigenvalue weighted by molar-refractivity contribution is 7.89. The van der Waals surface area contributed by atoms with Crippen LogP contribution in [0, 0.1) is 23.2 Å². The van der Waals surface area contributed by atoms with Gasteiger partial charge in [0.25, 0.3) is 0 Å². The van der Waals surface area contributed by atoms with Crippen molar-refractivity contribution in [2.45, 2.75) is 88.2 Å². The summed E-state index contributed by atoms with van der Waals surface area (Å²) in [5, 5.41) is 14.6. The standard InChI is InChI=1S/C25H36F3N3O4S/c1-4-9-31(36(34,35)19-8-6-5-7-18(19)25(26,27)28)23(2,3)22(33)30-20-16-10-15-11-17(20)14-24(12-15,13-16)21(29)32/h5-8,15-17,20,22,30,33H,4,9-14H2,1-3H3,(H2,29,32). The second-order valence-electron chi connectivity index (χ2n) is 11.4. The first-order valence-electron chi connectivity index (χ1n) is 12.6. The molecule has 1 aromatic carbocycles. The molecule has 0 aromatic heterocycles. The van der Waals surface area contributed by atoms with Crippen LogP contribution in [0.5, 0.6) is 0 Å². The molecule has 36 heavy (non-hydrogen) atoms. The van der Waals surface area contributed by atoms with E-state index in [4.69, 9.17) is 5.73 Å². The fourth-order valence-corrected chi connectivity index (χ4v) is 9.18. The first-order valence-corrected chi connectivity index (χ1v) is 14.0. The van der Waals surface area contributed by atoms with Crippen molar-refractivity contribution in [1.82, 2.24) is 9.62 Å². The number of nitrogens with one attached hydrogen (secondary N) is 1. The summed E-state index contributed by atoms with van der Waals surface area (Å²) < 4.78 is 69.2. The molecule has 4 bridgehead atoms. The first kappa shape index (κ1) is 27.3. The molecule has 202 valence electrons. The number of nitrogens with zero attached hydrogens (tertiary/aromatic N) is 1. The van der Waals surface area contributed by atoms with E-state index < -0.39 is 43.8 Å². The summed E-state index contributed by atoms with van der Waals surface area (Å²) in [7, 11) is -4.61. The number of benzene rings is 1. The quantitative estimate of drug-likeness (QED) is 0.423. The predicted molar refractivity (Wildman–Crippen MR) is 128 cm³/mol. The Hall–Kier alpha value is -1.69. The number of nitrogens with two attached hydrogens (primary N) is 1. The van der Waals surface area contributed by atoms with Gasteiger partial charge >= 0.3 is 6.18 Å². The second-order valence-corrected chi connectivity index (χ2v) is 13.3. The maximum Gasteiger partial charge on any atom is 0.417 e. The minimum atomic E-state index is -4.85. The topological polar surface area (TPSA) is 113 Å². The molecule has 3 unspecified atom stereocenters. The summed E-state index contributed by atoms with van der Waals surface area (Å²) in [4.78, 5) is 11.4. The lowest BCUT2D eigenvalue weighted by atomic mass is 9.47. The molecule has 5 rings (SSSR count). The molecule has 7 nitrogen and oxygen atoms in total. The number of aliphatic hydroxyl groups is 1. The Bertz CT molecular complexity index is 1090. The van der Waals surface area contributed by atoms with Crippen LogP contribution in [0.1, 0.15) is 64.9 Å². The molecule has 0 aliphatic heterocycles. The third-order valence-electron chi connectivity index (χ3n) is 8.65. The van der Waals surface area contributed by atoms with E-state index in [-0.39, 0.29) is 30.3 Å². The van der Waals surface area contributed by atoms with Crippen molar-refractivity contribution >= 4 is 15.9 Å². The molecule has 4 aliphatic rings. The zero-order valence-corrected chi connectivity index (χ0v) is 21.7. The van der Waals surface area contributed by atoms with Gasteiger partial charge in [-0.15, -0.1) is 0 Å². The van der Waals surface area contributed by atoms with E-state index in [2.05, 4.69) is 5.32 Å². The zero-order valence-electron chi connectivity index (χ0n) is 20.9. The number of primary amides is 1. The van der Waals surface area contributed by atoms with Crippen LogP contribution in [0.25, 0.3) is 0 Å². The first-order chi connectivity index (χ1) is 16.6. The van der Waals surface area contributed by atoms with E-state index >= 15 is 0 Å². The van der Waals surface area contributed by atoms with Crippen molar-refractivity contribution < 1.29 is 31.5 Å². The smallest absolute Gasteiger partial charge is 0.377 e. The molecule has 4 saturated carbocycles. The summed E-state index contributed by atoms with van der Waals surface area (Å²) in [5.41, 5.74) is 2.57. The van der Waals surface area contributed by atoms with Crippen LogP contribution in [0.2, 0.25) is 0 Å². The number of hydrogen-bond donors (Lipinski definition) is 3. The Kier molecular flexibility index (Phi) is 7.03. The third kappa shape index (κ3) is 4.56. The average Bonchev–Trinajstić information content (AvgIpc) is 2.78. The maximum absolute atomic E-state index is 13.7. The third-order valence-corrected chi connectivity index (χ3v) is 10.8. The molecular formula is C25H36F3N3O4S. The van der Waals surface area contributed by atoms with E-state index in [1.165, 1.54) is 19.9 Å². The van der Waals surface area contributed by atoms with Crippen LogP contribution >= 0.6 is 0 Å². The predicted octanol–water partition coefficient (Wildman–Crippen LogP) is 3.47. The van der Waals surface area contributed by atoms with Gasteiger partial charge in [0.05, 0.1) is 16.0 Å². The number of halogens is 3. The molecule has 0 spiro atoms. The van der Waals surface area contributed by atoms with Gasteiger partial charge < -0.3 is 10.8 Å². The van der Waals surface area contributed by atoms with E-state index in [1.807, 2.05) is 0 Å². The number of alkyl halides is 3. The number of rotatable bonds is 9. The zero-order chi connectivity index (χ0) is 26.7. The van der Waals surface area contributed by atoms with E-state index in [0.29, 0.717) is 25.2 Å². The highest BCUT2D eigenvalue weighted by Gasteiger charge is 2.58. The van der Waals surface area contributed by atoms with Gasteiger partial charge in [0.2, 0.25) is 15.9 Å². The molecule has 0 saturated heterocycles. The Morgan fingerprint density at radius 2 is 1.78 bits per heavy atom. The highest BCUT2D eigenvalue weighted by Crippen LogP contribution is 2.60. The number of aliphatic hydroxyl groups excluding tert-OH is 1. The van der Waals surface area contributed by atoms with Crippen LogP contribution < -0.4 is 11.1 Å². The fraction of sp³-hybridized carbons (Fsp3) is 0.720. The summed E-state index contributed by atoms with van der Waals surface area (Å²) >= 11 is 0. The van der Waals surface area contributed by atoms with E-state index in [1.54, 1.807) is 6.92 Å². The molecule has 1 aromatic rings. The molecule has 4 aliphatic carbocycles. The lowest BCUT2D eigenvalue weighted by Crippen LogP contribution is -2.67. The van der Waals surface area contributed by atoms with Gasteiger partial charge in [0.15, 0.2) is 0 Å². The summed E-state index contributed by atoms with van der Waals surface area (Å²) in [6.45, 7) is 4.71. The molecule has 11 heteroatoms. The van der Waals surface area contributed by atoms with Gasteiger partial charge in [-0.25, -0.2) is 8.42 Å². The number of sulfonamides is 1. The molecule has 4 N–H and O–H groups in total. The lowest BCUT2D eigenvalue weighted by molar-refractivity contribution is -0.148. The van der Waals surface area contributed by atoms with Crippen LogP contribution in [0.3, 0.4) is 0 Å². The van der Waals surface area contributed by atoms with Crippen molar-refractivity contribution in [3.05, 3.63) is 29.8 Å². The molecule has 1 amide bonds. The minimum Gasteiger partial charge on any atom is -0.377 e. The SMILES string of the molecule is CCCN(C(C)(C)C(O)NC1C2CC3CC1CC(C(N)=O)(C3)C2)S(=O)(=O)c1ccccc1C(F)(F)F. The normalized spacial score (nSPS) is 31.1. The van der Waals surface area contributed by atoms with Crippen LogP contribution in [-0.2, 0) is 21.0 Å². The summed E-state index contributed by atoms with van der Waals surface area (Å²) in [6.07, 6.45) is -1.95. The average molecular weight is 532 g/mol. The monoisotopic (exact) mass is 531 g/mol. The number of hydrogen-bond acceptors (Lipinski definition) is 5. The van der Waals surface area contributed by atoms with Crippen molar-refractivity contribution in [2.24, 2.45) is 28.9 Å². The van der Waals surface area contributed by atoms with Crippen LogP contribution in [0.15, 0.2) is 29.2 Å². The molecule has 0 radical (unpaired) electrons. The van der Waals surface area contributed by atoms with Gasteiger partial charge in [-0.3, -0.25) is 10.1 Å². The van der Waals surface area contributed by atoms with Crippen LogP contribution in [-0.4, -0.2) is 48.1 Å². The minimum absolute atomic E-state index is 0.0648. The molecular weight excluding hydrogens is 495 g/mol. The van der Waals surface area contributed by atoms with E-state index in [9.17, 15) is 31.5 Å². The van der Waals surface area contributed by atoms with Gasteiger partial charge in [-0.1, -0.05) is 19.1 Å². The second kappa shape index (κ2) is 9.25. The van der Waals surface area contributed by atoms with Crippen molar-refractivity contribution in [3.8, 4) is 0 Å². The lowest BCUT2D eigenvalue weighted by Gasteiger charge is -2.59. The number of carbonyl (C=O) groups is 1. The van der Waals surface area contributed by atoms with Crippen molar-refractivity contribution in [3.63, 3.8) is 0 Å². The number of carbonyl (C=O) groups excluding carboxylic acids is 1.